The van der Waals surface area contributed by atoms with Crippen LogP contribution >= 0.6 is 0 Å². The van der Waals surface area contributed by atoms with E-state index in [1.807, 2.05) is 13.8 Å². The Kier molecular flexibility index (Phi) is 8.78. The SMILES string of the molecule is CCOC(=O)Oc1ccc(C(=O)NCCNC(=O)/C=C/C(C)C)cc1. The third-order valence-corrected chi connectivity index (χ3v) is 2.92. The number of hydrogen-bond acceptors (Lipinski definition) is 5. The predicted octanol–water partition coefficient (Wildman–Crippen LogP) is 2.28. The Balaban J connectivity index is 2.35. The van der Waals surface area contributed by atoms with Gasteiger partial charge in [0.05, 0.1) is 6.61 Å². The van der Waals surface area contributed by atoms with E-state index >= 15 is 0 Å². The van der Waals surface area contributed by atoms with Gasteiger partial charge >= 0.3 is 6.16 Å². The molecule has 2 N–H and O–H groups in total. The van der Waals surface area contributed by atoms with Crippen LogP contribution < -0.4 is 15.4 Å². The lowest BCUT2D eigenvalue weighted by molar-refractivity contribution is -0.116. The van der Waals surface area contributed by atoms with Crippen LogP contribution in [0.25, 0.3) is 0 Å². The molecule has 1 rings (SSSR count). The van der Waals surface area contributed by atoms with Crippen LogP contribution in [0, 0.1) is 5.92 Å². The fourth-order valence-electron chi connectivity index (χ4n) is 1.72. The van der Waals surface area contributed by atoms with Crippen molar-refractivity contribution in [3.63, 3.8) is 0 Å². The van der Waals surface area contributed by atoms with Crippen molar-refractivity contribution in [2.75, 3.05) is 19.7 Å². The number of carbonyl (C=O) groups is 3. The van der Waals surface area contributed by atoms with Crippen molar-refractivity contribution in [2.45, 2.75) is 20.8 Å². The van der Waals surface area contributed by atoms with Crippen LogP contribution in [0.15, 0.2) is 36.4 Å². The van der Waals surface area contributed by atoms with Gasteiger partial charge < -0.3 is 20.1 Å². The van der Waals surface area contributed by atoms with Gasteiger partial charge in [0.25, 0.3) is 5.91 Å². The lowest BCUT2D eigenvalue weighted by Crippen LogP contribution is -2.34. The Labute approximate surface area is 147 Å². The number of carbonyl (C=O) groups excluding carboxylic acids is 3. The molecular weight excluding hydrogens is 324 g/mol. The minimum Gasteiger partial charge on any atom is -0.434 e. The highest BCUT2D eigenvalue weighted by atomic mass is 16.7. The minimum absolute atomic E-state index is 0.191. The number of nitrogens with one attached hydrogen (secondary N) is 2. The van der Waals surface area contributed by atoms with Gasteiger partial charge in [0.15, 0.2) is 0 Å². The molecule has 0 atom stereocenters. The summed E-state index contributed by atoms with van der Waals surface area (Å²) in [6, 6.07) is 6.08. The summed E-state index contributed by atoms with van der Waals surface area (Å²) in [5, 5.41) is 5.37. The third-order valence-electron chi connectivity index (χ3n) is 2.92. The monoisotopic (exact) mass is 348 g/mol. The van der Waals surface area contributed by atoms with E-state index in [0.29, 0.717) is 30.3 Å². The van der Waals surface area contributed by atoms with E-state index in [2.05, 4.69) is 15.4 Å². The molecule has 136 valence electrons. The molecule has 0 heterocycles. The molecule has 7 heteroatoms. The van der Waals surface area contributed by atoms with Gasteiger partial charge in [0, 0.05) is 18.7 Å². The molecule has 1 aromatic carbocycles. The Morgan fingerprint density at radius 3 is 2.32 bits per heavy atom. The summed E-state index contributed by atoms with van der Waals surface area (Å²) in [7, 11) is 0. The van der Waals surface area contributed by atoms with Crippen molar-refractivity contribution < 1.29 is 23.9 Å². The summed E-state index contributed by atoms with van der Waals surface area (Å²) in [5.74, 6) is 0.124. The van der Waals surface area contributed by atoms with E-state index in [0.717, 1.165) is 0 Å². The summed E-state index contributed by atoms with van der Waals surface area (Å²) >= 11 is 0. The third kappa shape index (κ3) is 8.55. The molecule has 0 spiro atoms. The summed E-state index contributed by atoms with van der Waals surface area (Å²) in [5.41, 5.74) is 0.419. The van der Waals surface area contributed by atoms with E-state index < -0.39 is 6.16 Å². The van der Waals surface area contributed by atoms with Gasteiger partial charge in [-0.15, -0.1) is 0 Å². The second-order valence-corrected chi connectivity index (χ2v) is 5.46. The smallest absolute Gasteiger partial charge is 0.434 e. The normalized spacial score (nSPS) is 10.6. The maximum atomic E-state index is 12.0. The highest BCUT2D eigenvalue weighted by Gasteiger charge is 2.08. The fourth-order valence-corrected chi connectivity index (χ4v) is 1.72. The zero-order valence-corrected chi connectivity index (χ0v) is 14.7. The molecule has 0 fully saturated rings. The van der Waals surface area contributed by atoms with Gasteiger partial charge in [-0.2, -0.15) is 0 Å². The van der Waals surface area contributed by atoms with Crippen LogP contribution in [0.3, 0.4) is 0 Å². The van der Waals surface area contributed by atoms with Crippen molar-refractivity contribution in [1.29, 1.82) is 0 Å². The van der Waals surface area contributed by atoms with Crippen molar-refractivity contribution in [3.8, 4) is 5.75 Å². The van der Waals surface area contributed by atoms with Crippen LogP contribution in [-0.2, 0) is 9.53 Å². The fraction of sp³-hybridized carbons (Fsp3) is 0.389. The lowest BCUT2D eigenvalue weighted by atomic mass is 10.2. The van der Waals surface area contributed by atoms with E-state index in [9.17, 15) is 14.4 Å². The Morgan fingerprint density at radius 2 is 1.72 bits per heavy atom. The molecule has 25 heavy (non-hydrogen) atoms. The molecule has 0 aliphatic carbocycles. The number of hydrogen-bond donors (Lipinski definition) is 2. The highest BCUT2D eigenvalue weighted by Crippen LogP contribution is 2.12. The van der Waals surface area contributed by atoms with E-state index in [1.165, 1.54) is 30.3 Å². The Morgan fingerprint density at radius 1 is 1.08 bits per heavy atom. The first-order valence-electron chi connectivity index (χ1n) is 8.11. The summed E-state index contributed by atoms with van der Waals surface area (Å²) < 4.78 is 9.57. The summed E-state index contributed by atoms with van der Waals surface area (Å²) in [6.07, 6.45) is 2.49. The first-order valence-corrected chi connectivity index (χ1v) is 8.11. The number of benzene rings is 1. The molecule has 0 radical (unpaired) electrons. The number of rotatable bonds is 8. The number of ether oxygens (including phenoxy) is 2. The first-order chi connectivity index (χ1) is 11.9. The van der Waals surface area contributed by atoms with Gasteiger partial charge in [0.1, 0.15) is 5.75 Å². The average Bonchev–Trinajstić information content (AvgIpc) is 2.57. The molecule has 0 unspecified atom stereocenters. The zero-order valence-electron chi connectivity index (χ0n) is 14.7. The van der Waals surface area contributed by atoms with Crippen LogP contribution in [-0.4, -0.2) is 37.7 Å². The lowest BCUT2D eigenvalue weighted by Gasteiger charge is -2.07. The average molecular weight is 348 g/mol. The Bertz CT molecular complexity index is 608. The van der Waals surface area contributed by atoms with Gasteiger partial charge in [-0.1, -0.05) is 19.9 Å². The molecular formula is C18H24N2O5. The maximum Gasteiger partial charge on any atom is 0.513 e. The molecule has 1 aromatic rings. The summed E-state index contributed by atoms with van der Waals surface area (Å²) in [6.45, 7) is 6.50. The number of amides is 2. The molecule has 0 aliphatic heterocycles. The molecule has 2 amide bonds. The molecule has 7 nitrogen and oxygen atoms in total. The van der Waals surface area contributed by atoms with E-state index in [-0.39, 0.29) is 18.4 Å². The highest BCUT2D eigenvalue weighted by molar-refractivity contribution is 5.94. The molecule has 0 aliphatic rings. The minimum atomic E-state index is -0.790. The zero-order chi connectivity index (χ0) is 18.7. The largest absolute Gasteiger partial charge is 0.513 e. The van der Waals surface area contributed by atoms with Crippen molar-refractivity contribution in [1.82, 2.24) is 10.6 Å². The van der Waals surface area contributed by atoms with Gasteiger partial charge in [-0.3, -0.25) is 9.59 Å². The first kappa shape index (κ1) is 20.2. The van der Waals surface area contributed by atoms with E-state index in [1.54, 1.807) is 13.0 Å². The molecule has 0 aromatic heterocycles. The van der Waals surface area contributed by atoms with Crippen molar-refractivity contribution in [2.24, 2.45) is 5.92 Å². The van der Waals surface area contributed by atoms with Crippen LogP contribution in [0.4, 0.5) is 4.79 Å². The van der Waals surface area contributed by atoms with Crippen LogP contribution in [0.5, 0.6) is 5.75 Å². The van der Waals surface area contributed by atoms with Crippen molar-refractivity contribution in [3.05, 3.63) is 42.0 Å². The number of allylic oxidation sites excluding steroid dienone is 1. The van der Waals surface area contributed by atoms with E-state index in [4.69, 9.17) is 4.74 Å². The van der Waals surface area contributed by atoms with Crippen molar-refractivity contribution >= 4 is 18.0 Å². The molecule has 0 saturated carbocycles. The van der Waals surface area contributed by atoms with Crippen LogP contribution in [0.1, 0.15) is 31.1 Å². The van der Waals surface area contributed by atoms with Gasteiger partial charge in [-0.05, 0) is 43.2 Å². The molecule has 0 saturated heterocycles. The van der Waals surface area contributed by atoms with Gasteiger partial charge in [0.2, 0.25) is 5.91 Å². The Hall–Kier alpha value is -2.83. The quantitative estimate of drug-likeness (QED) is 0.325. The molecule has 0 bridgehead atoms. The predicted molar refractivity (Wildman–Crippen MR) is 93.4 cm³/mol. The standard InChI is InChI=1S/C18H24N2O5/c1-4-24-18(23)25-15-8-6-14(7-9-15)17(22)20-12-11-19-16(21)10-5-13(2)3/h5-10,13H,4,11-12H2,1-3H3,(H,19,21)(H,20,22)/b10-5+. The second kappa shape index (κ2) is 10.9. The maximum absolute atomic E-state index is 12.0. The topological polar surface area (TPSA) is 93.7 Å². The van der Waals surface area contributed by atoms with Crippen LogP contribution in [0.2, 0.25) is 0 Å². The van der Waals surface area contributed by atoms with Gasteiger partial charge in [-0.25, -0.2) is 4.79 Å². The second-order valence-electron chi connectivity index (χ2n) is 5.46. The summed E-state index contributed by atoms with van der Waals surface area (Å²) in [4.78, 5) is 34.6.